The average Bonchev–Trinajstić information content (AvgIpc) is 2.28. The number of carbonyl (C=O) groups is 1. The van der Waals surface area contributed by atoms with Crippen LogP contribution in [0.3, 0.4) is 0 Å². The smallest absolute Gasteiger partial charge is 0.245 e. The molecule has 0 spiro atoms. The minimum absolute atomic E-state index is 0.322. The number of carbonyl (C=O) groups excluding carboxylic acids is 1. The van der Waals surface area contributed by atoms with E-state index < -0.39 is 22.5 Å². The maximum Gasteiger partial charge on any atom is 0.245 e. The first kappa shape index (κ1) is 14.1. The van der Waals surface area contributed by atoms with Crippen LogP contribution in [0.15, 0.2) is 24.3 Å². The highest BCUT2D eigenvalue weighted by Gasteiger charge is 2.12. The van der Waals surface area contributed by atoms with E-state index >= 15 is 0 Å². The van der Waals surface area contributed by atoms with Gasteiger partial charge in [-0.25, -0.2) is 8.42 Å². The molecule has 0 aromatic heterocycles. The number of rotatable bonds is 6. The molecule has 0 heterocycles. The Morgan fingerprint density at radius 1 is 1.39 bits per heavy atom. The number of hydrogen-bond acceptors (Lipinski definition) is 5. The van der Waals surface area contributed by atoms with E-state index in [0.29, 0.717) is 11.1 Å². The van der Waals surface area contributed by atoms with Crippen molar-refractivity contribution in [2.24, 2.45) is 5.73 Å². The van der Waals surface area contributed by atoms with Gasteiger partial charge in [-0.1, -0.05) is 17.0 Å². The van der Waals surface area contributed by atoms with E-state index in [1.807, 2.05) is 6.07 Å². The first-order valence-electron chi connectivity index (χ1n) is 4.81. The number of nitrogens with zero attached hydrogens (tertiary/aromatic N) is 1. The minimum atomic E-state index is -3.71. The topological polar surface area (TPSA) is 122 Å². The molecule has 0 saturated carbocycles. The second-order valence-corrected chi connectivity index (χ2v) is 5.09. The van der Waals surface area contributed by atoms with E-state index in [2.05, 4.69) is 4.84 Å². The normalized spacial score (nSPS) is 10.8. The number of sulfonamides is 1. The summed E-state index contributed by atoms with van der Waals surface area (Å²) in [5.74, 6) is -1.10. The van der Waals surface area contributed by atoms with E-state index in [-0.39, 0.29) is 5.75 Å². The number of primary amides is 1. The molecule has 0 fully saturated rings. The van der Waals surface area contributed by atoms with Crippen LogP contribution in [0.2, 0.25) is 0 Å². The van der Waals surface area contributed by atoms with Crippen molar-refractivity contribution >= 4 is 15.9 Å². The summed E-state index contributed by atoms with van der Waals surface area (Å²) >= 11 is 0. The van der Waals surface area contributed by atoms with Gasteiger partial charge in [0.05, 0.1) is 17.4 Å². The van der Waals surface area contributed by atoms with E-state index in [9.17, 15) is 13.2 Å². The van der Waals surface area contributed by atoms with Gasteiger partial charge in [0.2, 0.25) is 15.9 Å². The molecule has 0 aliphatic carbocycles. The molecule has 1 aromatic carbocycles. The van der Waals surface area contributed by atoms with Gasteiger partial charge in [-0.2, -0.15) is 5.26 Å². The van der Waals surface area contributed by atoms with Gasteiger partial charge in [0.25, 0.3) is 0 Å². The van der Waals surface area contributed by atoms with Gasteiger partial charge in [-0.05, 0) is 17.7 Å². The lowest BCUT2D eigenvalue weighted by Crippen LogP contribution is -2.30. The van der Waals surface area contributed by atoms with Crippen molar-refractivity contribution in [1.29, 1.82) is 5.26 Å². The summed E-state index contributed by atoms with van der Waals surface area (Å²) in [6, 6.07) is 7.98. The Balaban J connectivity index is 2.59. The first-order chi connectivity index (χ1) is 8.43. The van der Waals surface area contributed by atoms with Gasteiger partial charge in [-0.15, -0.1) is 0 Å². The predicted molar refractivity (Wildman–Crippen MR) is 62.1 cm³/mol. The third-order valence-corrected chi connectivity index (χ3v) is 2.93. The van der Waals surface area contributed by atoms with E-state index in [0.717, 1.165) is 0 Å². The number of amides is 1. The molecule has 96 valence electrons. The van der Waals surface area contributed by atoms with Crippen molar-refractivity contribution in [3.63, 3.8) is 0 Å². The fraction of sp³-hybridized carbons (Fsp3) is 0.200. The molecule has 1 aromatic rings. The summed E-state index contributed by atoms with van der Waals surface area (Å²) < 4.78 is 23.0. The van der Waals surface area contributed by atoms with Crippen LogP contribution in [-0.2, 0) is 25.4 Å². The highest BCUT2D eigenvalue weighted by Crippen LogP contribution is 2.06. The maximum absolute atomic E-state index is 11.5. The molecule has 0 bridgehead atoms. The first-order valence-corrected chi connectivity index (χ1v) is 6.47. The van der Waals surface area contributed by atoms with E-state index in [1.54, 1.807) is 4.89 Å². The van der Waals surface area contributed by atoms with Crippen LogP contribution in [0.25, 0.3) is 0 Å². The monoisotopic (exact) mass is 269 g/mol. The van der Waals surface area contributed by atoms with Gasteiger partial charge in [0.15, 0.2) is 0 Å². The van der Waals surface area contributed by atoms with E-state index in [1.165, 1.54) is 24.3 Å². The van der Waals surface area contributed by atoms with Crippen molar-refractivity contribution in [2.45, 2.75) is 5.75 Å². The molecule has 7 nitrogen and oxygen atoms in total. The van der Waals surface area contributed by atoms with Gasteiger partial charge in [0, 0.05) is 0 Å². The largest absolute Gasteiger partial charge is 0.368 e. The van der Waals surface area contributed by atoms with Crippen LogP contribution in [0.1, 0.15) is 11.1 Å². The molecule has 0 atom stereocenters. The van der Waals surface area contributed by atoms with Crippen LogP contribution in [-0.4, -0.2) is 20.9 Å². The Labute approximate surface area is 104 Å². The van der Waals surface area contributed by atoms with Gasteiger partial charge < -0.3 is 5.73 Å². The Morgan fingerprint density at radius 2 is 2.00 bits per heavy atom. The third kappa shape index (κ3) is 4.92. The molecule has 1 amide bonds. The van der Waals surface area contributed by atoms with Crippen molar-refractivity contribution < 1.29 is 18.0 Å². The van der Waals surface area contributed by atoms with Crippen molar-refractivity contribution in [3.8, 4) is 6.07 Å². The molecule has 0 saturated heterocycles. The summed E-state index contributed by atoms with van der Waals surface area (Å²) in [4.78, 5) is 16.5. The molecule has 0 aliphatic rings. The zero-order chi connectivity index (χ0) is 13.6. The van der Waals surface area contributed by atoms with Crippen LogP contribution in [0, 0.1) is 11.3 Å². The van der Waals surface area contributed by atoms with Crippen molar-refractivity contribution in [3.05, 3.63) is 35.4 Å². The van der Waals surface area contributed by atoms with Crippen molar-refractivity contribution in [2.75, 3.05) is 6.61 Å². The maximum atomic E-state index is 11.5. The SMILES string of the molecule is N#Cc1ccc(CS(=O)(=O)NOCC(N)=O)cc1. The summed E-state index contributed by atoms with van der Waals surface area (Å²) in [5, 5.41) is 8.58. The second kappa shape index (κ2) is 6.11. The van der Waals surface area contributed by atoms with Crippen LogP contribution >= 0.6 is 0 Å². The predicted octanol–water partition coefficient (Wildman–Crippen LogP) is -0.605. The summed E-state index contributed by atoms with van der Waals surface area (Å²) in [6.45, 7) is -0.535. The van der Waals surface area contributed by atoms with Crippen molar-refractivity contribution in [1.82, 2.24) is 4.89 Å². The average molecular weight is 269 g/mol. The number of nitrogens with two attached hydrogens (primary N) is 1. The zero-order valence-electron chi connectivity index (χ0n) is 9.29. The number of benzene rings is 1. The van der Waals surface area contributed by atoms with Crippen LogP contribution in [0.5, 0.6) is 0 Å². The molecule has 18 heavy (non-hydrogen) atoms. The molecule has 3 N–H and O–H groups in total. The van der Waals surface area contributed by atoms with Crippen LogP contribution < -0.4 is 10.6 Å². The Hall–Kier alpha value is -1.95. The Morgan fingerprint density at radius 3 is 2.50 bits per heavy atom. The van der Waals surface area contributed by atoms with Gasteiger partial charge >= 0.3 is 0 Å². The molecule has 0 aliphatic heterocycles. The highest BCUT2D eigenvalue weighted by molar-refractivity contribution is 7.88. The standard InChI is InChI=1S/C10H11N3O4S/c11-5-8-1-3-9(4-2-8)7-18(15,16)13-17-6-10(12)14/h1-4,13H,6-7H2,(H2,12,14). The molecule has 0 unspecified atom stereocenters. The quantitative estimate of drug-likeness (QED) is 0.667. The van der Waals surface area contributed by atoms with Gasteiger partial charge in [0.1, 0.15) is 6.61 Å². The minimum Gasteiger partial charge on any atom is -0.368 e. The van der Waals surface area contributed by atoms with E-state index in [4.69, 9.17) is 11.0 Å². The second-order valence-electron chi connectivity index (χ2n) is 3.41. The molecule has 1 rings (SSSR count). The van der Waals surface area contributed by atoms with Gasteiger partial charge in [-0.3, -0.25) is 9.63 Å². The zero-order valence-corrected chi connectivity index (χ0v) is 10.1. The third-order valence-electron chi connectivity index (χ3n) is 1.84. The summed E-state index contributed by atoms with van der Waals surface area (Å²) in [7, 11) is -3.71. The summed E-state index contributed by atoms with van der Waals surface area (Å²) in [5.41, 5.74) is 5.71. The molecular formula is C10H11N3O4S. The highest BCUT2D eigenvalue weighted by atomic mass is 32.2. The molecule has 8 heteroatoms. The lowest BCUT2D eigenvalue weighted by Gasteiger charge is -2.05. The van der Waals surface area contributed by atoms with Crippen LogP contribution in [0.4, 0.5) is 0 Å². The molecular weight excluding hydrogens is 258 g/mol. The lowest BCUT2D eigenvalue weighted by molar-refractivity contribution is -0.123. The number of hydrogen-bond donors (Lipinski definition) is 2. The fourth-order valence-electron chi connectivity index (χ4n) is 1.11. The molecule has 0 radical (unpaired) electrons. The summed E-state index contributed by atoms with van der Waals surface area (Å²) in [6.07, 6.45) is 0. The lowest BCUT2D eigenvalue weighted by atomic mass is 10.2. The number of nitriles is 1. The number of nitrogens with one attached hydrogen (secondary N) is 1. The Bertz CT molecular complexity index is 560. The Kier molecular flexibility index (Phi) is 4.79. The fourth-order valence-corrected chi connectivity index (χ4v) is 2.04.